The molecule has 0 saturated carbocycles. The summed E-state index contributed by atoms with van der Waals surface area (Å²) in [6.45, 7) is 17.0. The Morgan fingerprint density at radius 3 is 1.32 bits per heavy atom. The van der Waals surface area contributed by atoms with E-state index in [1.165, 1.54) is 0 Å². The summed E-state index contributed by atoms with van der Waals surface area (Å²) in [5, 5.41) is 0.745. The molecular formula is C34H33Cl4O4PS. The summed E-state index contributed by atoms with van der Waals surface area (Å²) in [6.07, 6.45) is 0. The molecule has 4 aromatic rings. The topological polar surface area (TPSA) is 36.9 Å². The number of aryl methyl sites for hydroxylation is 2. The van der Waals surface area contributed by atoms with Crippen LogP contribution < -0.4 is 23.4 Å². The van der Waals surface area contributed by atoms with Crippen molar-refractivity contribution >= 4 is 71.0 Å². The van der Waals surface area contributed by atoms with Gasteiger partial charge < -0.3 is 0 Å². The van der Waals surface area contributed by atoms with Crippen LogP contribution in [0, 0.1) is 13.8 Å². The Morgan fingerprint density at radius 2 is 0.932 bits per heavy atom. The molecule has 4 nitrogen and oxygen atoms in total. The third kappa shape index (κ3) is 5.03. The molecule has 0 atom stereocenters. The average Bonchev–Trinajstić information content (AvgIpc) is 3.29. The molecule has 2 heterocycles. The van der Waals surface area contributed by atoms with E-state index < -0.39 is 7.51 Å². The zero-order valence-electron chi connectivity index (χ0n) is 25.7. The first kappa shape index (κ1) is 32.0. The van der Waals surface area contributed by atoms with Gasteiger partial charge in [0, 0.05) is 0 Å². The fraction of sp³-hybridized carbons (Fsp3) is 0.294. The third-order valence-corrected chi connectivity index (χ3v) is 13.5. The molecule has 10 heteroatoms. The van der Waals surface area contributed by atoms with E-state index in [9.17, 15) is 0 Å². The summed E-state index contributed by atoms with van der Waals surface area (Å²) in [5.41, 5.74) is 3.49. The van der Waals surface area contributed by atoms with E-state index in [0.717, 1.165) is 32.0 Å². The van der Waals surface area contributed by atoms with Crippen LogP contribution in [0.15, 0.2) is 64.4 Å². The van der Waals surface area contributed by atoms with Crippen molar-refractivity contribution in [2.24, 2.45) is 0 Å². The summed E-state index contributed by atoms with van der Waals surface area (Å²) < 4.78 is 28.7. The van der Waals surface area contributed by atoms with Gasteiger partial charge in [-0.2, -0.15) is 0 Å². The van der Waals surface area contributed by atoms with Crippen molar-refractivity contribution in [2.45, 2.75) is 76.0 Å². The number of fused-ring (bicyclic) bond motifs is 3. The molecule has 6 rings (SSSR count). The van der Waals surface area contributed by atoms with Crippen molar-refractivity contribution in [1.82, 2.24) is 0 Å². The minimum atomic E-state index is -5.03. The van der Waals surface area contributed by atoms with E-state index in [-0.39, 0.29) is 42.4 Å². The first-order valence-corrected chi connectivity index (χ1v) is 18.4. The van der Waals surface area contributed by atoms with Crippen LogP contribution in [0.25, 0.3) is 0 Å². The summed E-state index contributed by atoms with van der Waals surface area (Å²) in [5.74, 6) is 1.41. The predicted octanol–water partition coefficient (Wildman–Crippen LogP) is 12.4. The number of halogens is 4. The zero-order valence-corrected chi connectivity index (χ0v) is 30.4. The van der Waals surface area contributed by atoms with Gasteiger partial charge >= 0.3 is 285 Å². The molecule has 0 amide bonds. The van der Waals surface area contributed by atoms with E-state index in [4.69, 9.17) is 64.5 Å². The van der Waals surface area contributed by atoms with Crippen molar-refractivity contribution in [3.63, 3.8) is 0 Å². The molecule has 232 valence electrons. The number of hydrogen-bond donors (Lipinski definition) is 0. The normalized spacial score (nSPS) is 17.3. The molecule has 1 spiro atoms. The molecule has 0 unspecified atom stereocenters. The Bertz CT molecular complexity index is 1740. The van der Waals surface area contributed by atoms with Crippen LogP contribution in [-0.4, -0.2) is 0 Å². The van der Waals surface area contributed by atoms with Gasteiger partial charge in [-0.25, -0.2) is 0 Å². The average molecular weight is 710 g/mol. The molecule has 2 aliphatic rings. The molecule has 0 fully saturated rings. The van der Waals surface area contributed by atoms with Crippen LogP contribution in [-0.2, 0) is 10.8 Å². The van der Waals surface area contributed by atoms with Gasteiger partial charge in [-0.05, 0) is 0 Å². The molecule has 0 aromatic heterocycles. The number of rotatable bonds is 1. The van der Waals surface area contributed by atoms with Crippen LogP contribution >= 0.6 is 65.7 Å². The monoisotopic (exact) mass is 708 g/mol. The van der Waals surface area contributed by atoms with Gasteiger partial charge in [-0.1, -0.05) is 0 Å². The van der Waals surface area contributed by atoms with Gasteiger partial charge in [0.2, 0.25) is 0 Å². The molecule has 4 aromatic carbocycles. The zero-order chi connectivity index (χ0) is 32.0. The molecule has 0 saturated heterocycles. The molecular weight excluding hydrogens is 677 g/mol. The van der Waals surface area contributed by atoms with E-state index in [0.29, 0.717) is 16.8 Å². The van der Waals surface area contributed by atoms with Gasteiger partial charge in [0.1, 0.15) is 0 Å². The van der Waals surface area contributed by atoms with E-state index in [1.807, 2.05) is 30.3 Å². The van der Waals surface area contributed by atoms with Crippen molar-refractivity contribution in [2.75, 3.05) is 0 Å². The van der Waals surface area contributed by atoms with Crippen LogP contribution in [0.1, 0.15) is 63.8 Å². The van der Waals surface area contributed by atoms with Crippen LogP contribution in [0.2, 0.25) is 20.1 Å². The molecule has 0 aliphatic carbocycles. The maximum atomic E-state index is 7.34. The van der Waals surface area contributed by atoms with Crippen molar-refractivity contribution in [3.05, 3.63) is 96.9 Å². The van der Waals surface area contributed by atoms with Gasteiger partial charge in [-0.15, -0.1) is 0 Å². The Hall–Kier alpha value is -1.98. The molecule has 0 bridgehead atoms. The van der Waals surface area contributed by atoms with E-state index in [1.54, 1.807) is 11.8 Å². The predicted molar refractivity (Wildman–Crippen MR) is 186 cm³/mol. The Kier molecular flexibility index (Phi) is 7.65. The van der Waals surface area contributed by atoms with Gasteiger partial charge in [0.25, 0.3) is 0 Å². The maximum absolute atomic E-state index is 7.34. The number of hydrogen-bond acceptors (Lipinski definition) is 5. The Morgan fingerprint density at radius 1 is 0.545 bits per heavy atom. The molecule has 0 N–H and O–H groups in total. The first-order valence-electron chi connectivity index (χ1n) is 14.2. The summed E-state index contributed by atoms with van der Waals surface area (Å²) in [6, 6.07) is 17.9. The quantitative estimate of drug-likeness (QED) is 0.112. The fourth-order valence-corrected chi connectivity index (χ4v) is 11.1. The van der Waals surface area contributed by atoms with E-state index in [2.05, 4.69) is 79.7 Å². The van der Waals surface area contributed by atoms with Crippen LogP contribution in [0.4, 0.5) is 0 Å². The summed E-state index contributed by atoms with van der Waals surface area (Å²) in [4.78, 5) is 1.81. The van der Waals surface area contributed by atoms with Gasteiger partial charge in [-0.3, -0.25) is 0 Å². The Balaban J connectivity index is 1.81. The van der Waals surface area contributed by atoms with E-state index >= 15 is 0 Å². The summed E-state index contributed by atoms with van der Waals surface area (Å²) >= 11 is 28.3. The molecule has 2 aliphatic heterocycles. The van der Waals surface area contributed by atoms with Gasteiger partial charge in [0.05, 0.1) is 0 Å². The second-order valence-corrected chi connectivity index (χ2v) is 18.8. The fourth-order valence-electron chi connectivity index (χ4n) is 5.43. The third-order valence-electron chi connectivity index (χ3n) is 7.59. The first-order chi connectivity index (χ1) is 20.4. The standard InChI is InChI=1S/C34H33Cl4O4PS/c1-18-14-21(33(3,4)5)29-23(16-18)44-24-17-19(2)15-22(34(6,7)8)30(24)40-43(39-29,20-12-10-9-11-13-20)41-31-27(37)25(35)26(36)28(38)32(31)42-43/h9-17H,1-8H3. The minimum absolute atomic E-state index is 0.0488. The van der Waals surface area contributed by atoms with Gasteiger partial charge in [0.15, 0.2) is 0 Å². The SMILES string of the molecule is Cc1cc2c(c(C(C)(C)C)c1)OP1(c3ccccc3)(Oc3c(cc(C)cc3C(C)(C)C)S2)Oc2c(Cl)c(Cl)c(Cl)c(Cl)c2O1. The second-order valence-electron chi connectivity index (χ2n) is 13.3. The van der Waals surface area contributed by atoms with Crippen molar-refractivity contribution < 1.29 is 18.1 Å². The summed E-state index contributed by atoms with van der Waals surface area (Å²) in [7, 11) is -5.03. The van der Waals surface area contributed by atoms with Crippen LogP contribution in [0.3, 0.4) is 0 Å². The molecule has 0 radical (unpaired) electrons. The number of benzene rings is 4. The van der Waals surface area contributed by atoms with Crippen LogP contribution in [0.5, 0.6) is 23.0 Å². The van der Waals surface area contributed by atoms with Crippen molar-refractivity contribution in [1.29, 1.82) is 0 Å². The molecule has 44 heavy (non-hydrogen) atoms. The second kappa shape index (κ2) is 10.5. The van der Waals surface area contributed by atoms with Crippen molar-refractivity contribution in [3.8, 4) is 23.0 Å². The Labute approximate surface area is 283 Å².